The van der Waals surface area contributed by atoms with Crippen molar-refractivity contribution < 1.29 is 19.0 Å². The number of aromatic nitrogens is 1. The van der Waals surface area contributed by atoms with Crippen molar-refractivity contribution in [1.29, 1.82) is 0 Å². The topological polar surface area (TPSA) is 64.1 Å². The monoisotopic (exact) mass is 493 g/mol. The van der Waals surface area contributed by atoms with Gasteiger partial charge in [-0.05, 0) is 55.3 Å². The summed E-state index contributed by atoms with van der Waals surface area (Å²) in [5.41, 5.74) is 3.92. The Balaban J connectivity index is 1.29. The normalized spacial score (nSPS) is 16.3. The number of nitrogens with zero attached hydrogens (tertiary/aromatic N) is 3. The number of ether oxygens (including phenoxy) is 3. The van der Waals surface area contributed by atoms with E-state index in [0.29, 0.717) is 6.54 Å². The van der Waals surface area contributed by atoms with Gasteiger partial charge in [-0.15, -0.1) is 11.3 Å². The average molecular weight is 494 g/mol. The molecule has 0 radical (unpaired) electrons. The lowest BCUT2D eigenvalue weighted by molar-refractivity contribution is 0.0374. The van der Waals surface area contributed by atoms with E-state index in [2.05, 4.69) is 11.0 Å². The lowest BCUT2D eigenvalue weighted by atomic mass is 10.1. The molecule has 0 atom stereocenters. The lowest BCUT2D eigenvalue weighted by Gasteiger charge is -2.27. The molecule has 0 bridgehead atoms. The zero-order valence-corrected chi connectivity index (χ0v) is 21.1. The first-order valence-electron chi connectivity index (χ1n) is 12.1. The van der Waals surface area contributed by atoms with Crippen LogP contribution in [0.15, 0.2) is 42.5 Å². The molecular weight excluding hydrogens is 462 g/mol. The van der Waals surface area contributed by atoms with Crippen molar-refractivity contribution in [3.63, 3.8) is 0 Å². The lowest BCUT2D eigenvalue weighted by Crippen LogP contribution is -2.37. The van der Waals surface area contributed by atoms with E-state index >= 15 is 0 Å². The minimum atomic E-state index is 0.00521. The van der Waals surface area contributed by atoms with Crippen LogP contribution in [0.25, 0.3) is 10.6 Å². The Bertz CT molecular complexity index is 1170. The highest BCUT2D eigenvalue weighted by Gasteiger charge is 2.30. The van der Waals surface area contributed by atoms with Gasteiger partial charge in [0.25, 0.3) is 5.91 Å². The number of thiazole rings is 1. The summed E-state index contributed by atoms with van der Waals surface area (Å²) in [5.74, 6) is 1.65. The summed E-state index contributed by atoms with van der Waals surface area (Å²) in [7, 11) is 3.35. The summed E-state index contributed by atoms with van der Waals surface area (Å²) in [5, 5.41) is 0.862. The van der Waals surface area contributed by atoms with Gasteiger partial charge in [-0.3, -0.25) is 9.69 Å². The van der Waals surface area contributed by atoms with Crippen molar-refractivity contribution in [2.75, 3.05) is 58.5 Å². The first-order valence-corrected chi connectivity index (χ1v) is 12.9. The van der Waals surface area contributed by atoms with E-state index < -0.39 is 0 Å². The Labute approximate surface area is 210 Å². The van der Waals surface area contributed by atoms with E-state index in [4.69, 9.17) is 19.2 Å². The van der Waals surface area contributed by atoms with Gasteiger partial charge >= 0.3 is 0 Å². The van der Waals surface area contributed by atoms with Crippen LogP contribution in [0.2, 0.25) is 0 Å². The highest BCUT2D eigenvalue weighted by atomic mass is 32.1. The number of carbonyl (C=O) groups is 1. The number of anilines is 1. The maximum atomic E-state index is 13.4. The van der Waals surface area contributed by atoms with Crippen molar-refractivity contribution >= 4 is 22.9 Å². The number of fused-ring (bicyclic) bond motifs is 1. The zero-order valence-electron chi connectivity index (χ0n) is 20.3. The highest BCUT2D eigenvalue weighted by Crippen LogP contribution is 2.35. The van der Waals surface area contributed by atoms with Gasteiger partial charge in [0.15, 0.2) is 0 Å². The second-order valence-corrected chi connectivity index (χ2v) is 9.78. The number of benzene rings is 2. The van der Waals surface area contributed by atoms with E-state index in [-0.39, 0.29) is 5.91 Å². The molecule has 2 aliphatic heterocycles. The van der Waals surface area contributed by atoms with Gasteiger partial charge in [-0.1, -0.05) is 6.07 Å². The third-order valence-electron chi connectivity index (χ3n) is 6.65. The molecule has 0 aliphatic carbocycles. The molecule has 2 aromatic carbocycles. The number of aryl methyl sites for hydroxylation is 1. The number of carbonyl (C=O) groups excluding carboxylic acids is 1. The number of hydrogen-bond donors (Lipinski definition) is 0. The van der Waals surface area contributed by atoms with Gasteiger partial charge in [0.05, 0.1) is 33.1 Å². The zero-order chi connectivity index (χ0) is 24.2. The largest absolute Gasteiger partial charge is 0.497 e. The molecule has 0 saturated carbocycles. The molecule has 1 saturated heterocycles. The Hall–Kier alpha value is -2.94. The minimum Gasteiger partial charge on any atom is -0.497 e. The second kappa shape index (κ2) is 10.8. The van der Waals surface area contributed by atoms with Crippen molar-refractivity contribution in [3.8, 4) is 22.1 Å². The van der Waals surface area contributed by atoms with Crippen LogP contribution in [-0.2, 0) is 17.6 Å². The van der Waals surface area contributed by atoms with E-state index in [1.54, 1.807) is 14.2 Å². The van der Waals surface area contributed by atoms with Gasteiger partial charge in [-0.25, -0.2) is 4.98 Å². The fourth-order valence-electron chi connectivity index (χ4n) is 4.66. The molecule has 2 aliphatic rings. The fraction of sp³-hybridized carbons (Fsp3) is 0.407. The Morgan fingerprint density at radius 1 is 1.03 bits per heavy atom. The van der Waals surface area contributed by atoms with Crippen LogP contribution in [0.3, 0.4) is 0 Å². The first-order chi connectivity index (χ1) is 17.2. The van der Waals surface area contributed by atoms with Crippen LogP contribution in [0, 0.1) is 0 Å². The predicted molar refractivity (Wildman–Crippen MR) is 138 cm³/mol. The third kappa shape index (κ3) is 5.19. The number of methoxy groups -OCH3 is 2. The average Bonchev–Trinajstić information content (AvgIpc) is 3.35. The van der Waals surface area contributed by atoms with Crippen molar-refractivity contribution in [2.45, 2.75) is 19.3 Å². The molecule has 1 aromatic heterocycles. The van der Waals surface area contributed by atoms with E-state index in [9.17, 15) is 4.79 Å². The predicted octanol–water partition coefficient (Wildman–Crippen LogP) is 4.30. The van der Waals surface area contributed by atoms with Gasteiger partial charge in [0.1, 0.15) is 21.4 Å². The van der Waals surface area contributed by atoms with E-state index in [1.165, 1.54) is 16.9 Å². The van der Waals surface area contributed by atoms with Crippen LogP contribution in [0.4, 0.5) is 5.69 Å². The summed E-state index contributed by atoms with van der Waals surface area (Å²) < 4.78 is 16.4. The minimum absolute atomic E-state index is 0.00521. The summed E-state index contributed by atoms with van der Waals surface area (Å²) in [6, 6.07) is 13.9. The molecule has 0 N–H and O–H groups in total. The van der Waals surface area contributed by atoms with Crippen molar-refractivity contribution in [2.24, 2.45) is 0 Å². The SMILES string of the molecule is COc1ccc(-c2nc3c(s2)C(=O)N(c2ccc(CCCN4CCOCC4)c(OC)c2)CC3)cc1. The third-order valence-corrected chi connectivity index (χ3v) is 7.79. The highest BCUT2D eigenvalue weighted by molar-refractivity contribution is 7.17. The van der Waals surface area contributed by atoms with Crippen molar-refractivity contribution in [1.82, 2.24) is 9.88 Å². The summed E-state index contributed by atoms with van der Waals surface area (Å²) in [4.78, 5) is 23.2. The van der Waals surface area contributed by atoms with Gasteiger partial charge in [0, 0.05) is 43.4 Å². The van der Waals surface area contributed by atoms with Crippen LogP contribution in [0.5, 0.6) is 11.5 Å². The fourth-order valence-corrected chi connectivity index (χ4v) is 5.73. The molecule has 8 heteroatoms. The maximum Gasteiger partial charge on any atom is 0.270 e. The molecular formula is C27H31N3O4S. The smallest absolute Gasteiger partial charge is 0.270 e. The molecule has 3 heterocycles. The van der Waals surface area contributed by atoms with Crippen molar-refractivity contribution in [3.05, 3.63) is 58.6 Å². The van der Waals surface area contributed by atoms with Gasteiger partial charge in [0.2, 0.25) is 0 Å². The molecule has 1 amide bonds. The van der Waals surface area contributed by atoms with E-state index in [1.807, 2.05) is 41.3 Å². The molecule has 0 spiro atoms. The summed E-state index contributed by atoms with van der Waals surface area (Å²) in [6.45, 7) is 5.33. The standard InChI is InChI=1S/C27H31N3O4S/c1-32-22-9-6-20(7-10-22)26-28-23-11-13-30(27(31)25(23)35-26)21-8-5-19(24(18-21)33-2)4-3-12-29-14-16-34-17-15-29/h5-10,18H,3-4,11-17H2,1-2H3. The number of hydrogen-bond acceptors (Lipinski definition) is 7. The molecule has 1 fully saturated rings. The summed E-state index contributed by atoms with van der Waals surface area (Å²) in [6.07, 6.45) is 2.74. The number of rotatable bonds is 8. The molecule has 0 unspecified atom stereocenters. The molecule has 35 heavy (non-hydrogen) atoms. The summed E-state index contributed by atoms with van der Waals surface area (Å²) >= 11 is 1.46. The molecule has 3 aromatic rings. The number of morpholine rings is 1. The maximum absolute atomic E-state index is 13.4. The van der Waals surface area contributed by atoms with E-state index in [0.717, 1.165) is 90.4 Å². The molecule has 7 nitrogen and oxygen atoms in total. The van der Waals surface area contributed by atoms with Crippen LogP contribution in [-0.4, -0.2) is 69.4 Å². The first kappa shape index (κ1) is 23.8. The van der Waals surface area contributed by atoms with Gasteiger partial charge < -0.3 is 19.1 Å². The molecule has 5 rings (SSSR count). The van der Waals surface area contributed by atoms with Crippen LogP contribution in [0.1, 0.15) is 27.3 Å². The quantitative estimate of drug-likeness (QED) is 0.466. The second-order valence-electron chi connectivity index (χ2n) is 8.78. The Morgan fingerprint density at radius 3 is 2.57 bits per heavy atom. The molecule has 184 valence electrons. The van der Waals surface area contributed by atoms with Crippen LogP contribution >= 0.6 is 11.3 Å². The Morgan fingerprint density at radius 2 is 1.83 bits per heavy atom. The Kier molecular flexibility index (Phi) is 7.32. The number of amides is 1. The van der Waals surface area contributed by atoms with Crippen LogP contribution < -0.4 is 14.4 Å². The van der Waals surface area contributed by atoms with Gasteiger partial charge in [-0.2, -0.15) is 0 Å².